The molecule has 8 N–H and O–H groups in total. The third-order valence-corrected chi connectivity index (χ3v) is 8.04. The van der Waals surface area contributed by atoms with Gasteiger partial charge in [-0.3, -0.25) is 38.5 Å². The monoisotopic (exact) mass is 732 g/mol. The molecule has 0 radical (unpaired) electrons. The number of benzene rings is 1. The van der Waals surface area contributed by atoms with Gasteiger partial charge in [-0.25, -0.2) is 0 Å². The molecular formula is C35H52N6O11. The number of hydrogen-bond acceptors (Lipinski definition) is 11. The highest BCUT2D eigenvalue weighted by Gasteiger charge is 2.24. The van der Waals surface area contributed by atoms with Crippen LogP contribution in [-0.2, 0) is 49.5 Å². The number of carbonyl (C=O) groups is 7. The van der Waals surface area contributed by atoms with Gasteiger partial charge >= 0.3 is 5.97 Å². The smallest absolute Gasteiger partial charge is 0.306 e. The average Bonchev–Trinajstić information content (AvgIpc) is 3.41. The third-order valence-electron chi connectivity index (χ3n) is 8.04. The number of phenolic OH excluding ortho intramolecular Hbond substituents is 1. The van der Waals surface area contributed by atoms with Crippen LogP contribution in [0.15, 0.2) is 30.4 Å². The summed E-state index contributed by atoms with van der Waals surface area (Å²) in [6.45, 7) is 2.65. The molecule has 3 atom stereocenters. The van der Waals surface area contributed by atoms with E-state index in [4.69, 9.17) is 20.3 Å². The zero-order chi connectivity index (χ0) is 38.5. The second-order valence-electron chi connectivity index (χ2n) is 12.5. The van der Waals surface area contributed by atoms with Crippen LogP contribution < -0.4 is 27.0 Å². The van der Waals surface area contributed by atoms with Crippen LogP contribution in [0.4, 0.5) is 5.69 Å². The van der Waals surface area contributed by atoms with Gasteiger partial charge in [0.05, 0.1) is 24.8 Å². The van der Waals surface area contributed by atoms with Crippen LogP contribution in [0.3, 0.4) is 0 Å². The van der Waals surface area contributed by atoms with E-state index in [1.54, 1.807) is 19.1 Å². The summed E-state index contributed by atoms with van der Waals surface area (Å²) in [5.41, 5.74) is 6.98. The Morgan fingerprint density at radius 3 is 2.29 bits per heavy atom. The van der Waals surface area contributed by atoms with Crippen LogP contribution in [0.25, 0.3) is 0 Å². The Morgan fingerprint density at radius 1 is 0.904 bits per heavy atom. The molecule has 17 heteroatoms. The highest BCUT2D eigenvalue weighted by atomic mass is 16.5. The summed E-state index contributed by atoms with van der Waals surface area (Å²) in [7, 11) is 1.53. The molecule has 52 heavy (non-hydrogen) atoms. The maximum absolute atomic E-state index is 13.1. The number of nitrogens with two attached hydrogens (primary N) is 1. The van der Waals surface area contributed by atoms with Gasteiger partial charge in [0.1, 0.15) is 18.4 Å². The first-order valence-corrected chi connectivity index (χ1v) is 17.3. The predicted molar refractivity (Wildman–Crippen MR) is 189 cm³/mol. The van der Waals surface area contributed by atoms with Gasteiger partial charge in [-0.2, -0.15) is 0 Å². The van der Waals surface area contributed by atoms with Crippen molar-refractivity contribution in [3.63, 3.8) is 0 Å². The second-order valence-corrected chi connectivity index (χ2v) is 12.5. The summed E-state index contributed by atoms with van der Waals surface area (Å²) in [5, 5.41) is 30.2. The summed E-state index contributed by atoms with van der Waals surface area (Å²) >= 11 is 0. The molecule has 1 aromatic rings. The summed E-state index contributed by atoms with van der Waals surface area (Å²) in [4.78, 5) is 86.0. The lowest BCUT2D eigenvalue weighted by Crippen LogP contribution is -2.47. The van der Waals surface area contributed by atoms with E-state index in [1.807, 2.05) is 0 Å². The fourth-order valence-corrected chi connectivity index (χ4v) is 5.19. The molecule has 1 aliphatic heterocycles. The number of anilines is 1. The zero-order valence-corrected chi connectivity index (χ0v) is 29.8. The van der Waals surface area contributed by atoms with Gasteiger partial charge in [0.15, 0.2) is 0 Å². The summed E-state index contributed by atoms with van der Waals surface area (Å²) in [6.07, 6.45) is 4.65. The summed E-state index contributed by atoms with van der Waals surface area (Å²) < 4.78 is 10.0. The van der Waals surface area contributed by atoms with Gasteiger partial charge in [-0.1, -0.05) is 13.0 Å². The van der Waals surface area contributed by atoms with E-state index in [0.717, 1.165) is 17.1 Å². The molecule has 0 unspecified atom stereocenters. The van der Waals surface area contributed by atoms with Gasteiger partial charge in [-0.15, -0.1) is 0 Å². The largest absolute Gasteiger partial charge is 0.506 e. The molecule has 0 saturated carbocycles. The minimum Gasteiger partial charge on any atom is -0.506 e. The van der Waals surface area contributed by atoms with E-state index in [9.17, 15) is 38.7 Å². The van der Waals surface area contributed by atoms with Crippen molar-refractivity contribution in [3.05, 3.63) is 35.9 Å². The minimum absolute atomic E-state index is 0.00823. The van der Waals surface area contributed by atoms with E-state index in [-0.39, 0.29) is 82.2 Å². The zero-order valence-electron chi connectivity index (χ0n) is 29.8. The topological polar surface area (TPSA) is 256 Å². The van der Waals surface area contributed by atoms with Crippen LogP contribution in [0.5, 0.6) is 5.75 Å². The van der Waals surface area contributed by atoms with Crippen molar-refractivity contribution in [3.8, 4) is 5.75 Å². The number of imide groups is 1. The highest BCUT2D eigenvalue weighted by molar-refractivity contribution is 6.12. The van der Waals surface area contributed by atoms with Gasteiger partial charge in [0.2, 0.25) is 23.6 Å². The van der Waals surface area contributed by atoms with Crippen molar-refractivity contribution >= 4 is 47.1 Å². The van der Waals surface area contributed by atoms with Crippen molar-refractivity contribution in [2.75, 3.05) is 51.9 Å². The van der Waals surface area contributed by atoms with Gasteiger partial charge < -0.3 is 46.7 Å². The van der Waals surface area contributed by atoms with Crippen LogP contribution in [0.2, 0.25) is 0 Å². The Hall–Kier alpha value is -4.87. The van der Waals surface area contributed by atoms with Gasteiger partial charge in [0.25, 0.3) is 11.8 Å². The van der Waals surface area contributed by atoms with Crippen LogP contribution in [-0.4, -0.2) is 115 Å². The number of hydrogen-bond donors (Lipinski definition) is 7. The van der Waals surface area contributed by atoms with Crippen molar-refractivity contribution in [2.45, 2.75) is 76.8 Å². The molecule has 6 amide bonds. The number of methoxy groups -OCH3 is 1. The summed E-state index contributed by atoms with van der Waals surface area (Å²) in [5.74, 6) is -4.19. The van der Waals surface area contributed by atoms with Gasteiger partial charge in [-0.05, 0) is 62.6 Å². The number of carboxylic acid groups (broad SMARTS) is 1. The standard InChI is InChI=1S/C35H52N6O11/c1-23(35(49)50)19-25(36)20-24-10-11-28(42)27(21-24)40-29(43)8-5-15-38-34(48)26(7-3-4-14-37-31(45)22-52-18-17-51-2)39-30(44)9-6-16-41-32(46)12-13-33(41)47/h10-13,21,23,25-26,42H,3-9,14-20,22,36H2,1-2H3,(H,37,45)(H,38,48)(H,39,44)(H,40,43)(H,49,50)/t23-,25+,26-/m0/s1. The van der Waals surface area contributed by atoms with E-state index < -0.39 is 53.5 Å². The Balaban J connectivity index is 1.84. The number of unbranched alkanes of at least 4 members (excludes halogenated alkanes) is 1. The van der Waals surface area contributed by atoms with E-state index >= 15 is 0 Å². The number of amides is 6. The van der Waals surface area contributed by atoms with Crippen molar-refractivity contribution in [2.24, 2.45) is 11.7 Å². The fourth-order valence-electron chi connectivity index (χ4n) is 5.19. The normalized spacial score (nSPS) is 14.1. The quantitative estimate of drug-likeness (QED) is 0.0387. The van der Waals surface area contributed by atoms with Crippen LogP contribution in [0, 0.1) is 5.92 Å². The lowest BCUT2D eigenvalue weighted by atomic mass is 9.96. The van der Waals surface area contributed by atoms with Crippen LogP contribution >= 0.6 is 0 Å². The Labute approximate surface area is 303 Å². The molecular weight excluding hydrogens is 680 g/mol. The Morgan fingerprint density at radius 2 is 1.60 bits per heavy atom. The molecule has 1 aromatic carbocycles. The second kappa shape index (κ2) is 23.6. The number of carboxylic acids is 1. The molecule has 288 valence electrons. The molecule has 0 aliphatic carbocycles. The molecule has 1 aliphatic rings. The fraction of sp³-hybridized carbons (Fsp3) is 0.571. The highest BCUT2D eigenvalue weighted by Crippen LogP contribution is 2.25. The molecule has 0 spiro atoms. The molecule has 0 aromatic heterocycles. The number of aliphatic carboxylic acids is 1. The third kappa shape index (κ3) is 16.9. The first-order valence-electron chi connectivity index (χ1n) is 17.3. The van der Waals surface area contributed by atoms with Crippen molar-refractivity contribution in [1.82, 2.24) is 20.9 Å². The number of nitrogens with zero attached hydrogens (tertiary/aromatic N) is 1. The van der Waals surface area contributed by atoms with Gasteiger partial charge in [0, 0.05) is 57.8 Å². The predicted octanol–water partition coefficient (Wildman–Crippen LogP) is 0.347. The molecule has 0 saturated heterocycles. The molecule has 0 bridgehead atoms. The Bertz CT molecular complexity index is 1400. The lowest BCUT2D eigenvalue weighted by molar-refractivity contribution is -0.141. The Kier molecular flexibility index (Phi) is 19.6. The average molecular weight is 733 g/mol. The van der Waals surface area contributed by atoms with E-state index in [1.165, 1.54) is 13.2 Å². The molecule has 1 heterocycles. The first-order chi connectivity index (χ1) is 24.8. The maximum atomic E-state index is 13.1. The molecule has 17 nitrogen and oxygen atoms in total. The number of rotatable bonds is 26. The number of aromatic hydroxyl groups is 1. The van der Waals surface area contributed by atoms with E-state index in [2.05, 4.69) is 21.3 Å². The van der Waals surface area contributed by atoms with Crippen molar-refractivity contribution < 1.29 is 53.2 Å². The molecule has 0 fully saturated rings. The number of phenols is 1. The lowest BCUT2D eigenvalue weighted by Gasteiger charge is -2.19. The molecule has 2 rings (SSSR count). The van der Waals surface area contributed by atoms with E-state index in [0.29, 0.717) is 38.0 Å². The van der Waals surface area contributed by atoms with Crippen molar-refractivity contribution in [1.29, 1.82) is 0 Å². The minimum atomic E-state index is -0.940. The van der Waals surface area contributed by atoms with Crippen LogP contribution in [0.1, 0.15) is 63.9 Å². The number of nitrogens with one attached hydrogen (secondary N) is 4. The maximum Gasteiger partial charge on any atom is 0.306 e. The SMILES string of the molecule is COCCOCC(=O)NCCCC[C@H](NC(=O)CCCN1C(=O)C=CC1=O)C(=O)NCCCC(=O)Nc1cc(C[C@H](N)C[C@H](C)C(=O)O)ccc1O. The first kappa shape index (κ1) is 43.3. The number of carbonyl (C=O) groups excluding carboxylic acids is 6. The summed E-state index contributed by atoms with van der Waals surface area (Å²) in [6, 6.07) is 3.30. The number of ether oxygens (including phenoxy) is 2.